The van der Waals surface area contributed by atoms with Crippen molar-refractivity contribution in [2.24, 2.45) is 11.8 Å². The molecule has 2 heteroatoms. The Kier molecular flexibility index (Phi) is 9.36. The molecule has 0 aromatic heterocycles. The standard InChI is InChI=1S/C14H27O2/c1-4-7-10-12(11-8-5-2)13(9-6-3)14(15)16/h12-13H,4-11H2,1-3H3. The molecule has 95 valence electrons. The zero-order chi connectivity index (χ0) is 12.4. The minimum atomic E-state index is -0.834. The van der Waals surface area contributed by atoms with Crippen molar-refractivity contribution in [3.05, 3.63) is 0 Å². The predicted molar refractivity (Wildman–Crippen MR) is 66.6 cm³/mol. The van der Waals surface area contributed by atoms with E-state index in [1.807, 2.05) is 6.92 Å². The van der Waals surface area contributed by atoms with E-state index in [4.69, 9.17) is 0 Å². The highest BCUT2D eigenvalue weighted by molar-refractivity contribution is 5.69. The Hall–Kier alpha value is -0.530. The van der Waals surface area contributed by atoms with Gasteiger partial charge in [0.25, 0.3) is 0 Å². The normalized spacial score (nSPS) is 13.0. The van der Waals surface area contributed by atoms with Crippen LogP contribution < -0.4 is 0 Å². The van der Waals surface area contributed by atoms with E-state index in [1.165, 1.54) is 0 Å². The molecule has 1 unspecified atom stereocenters. The maximum absolute atomic E-state index is 11.1. The van der Waals surface area contributed by atoms with E-state index in [0.717, 1.165) is 51.4 Å². The van der Waals surface area contributed by atoms with E-state index >= 15 is 0 Å². The molecule has 0 N–H and O–H groups in total. The maximum Gasteiger partial charge on any atom is 0.358 e. The first-order valence-electron chi connectivity index (χ1n) is 6.88. The van der Waals surface area contributed by atoms with Crippen molar-refractivity contribution in [2.45, 2.75) is 72.1 Å². The topological polar surface area (TPSA) is 37.0 Å². The fourth-order valence-electron chi connectivity index (χ4n) is 2.34. The third kappa shape index (κ3) is 6.14. The minimum Gasteiger partial charge on any atom is -0.247 e. The number of hydrogen-bond donors (Lipinski definition) is 0. The van der Waals surface area contributed by atoms with Gasteiger partial charge in [0.05, 0.1) is 5.92 Å². The summed E-state index contributed by atoms with van der Waals surface area (Å²) in [4.78, 5) is 11.1. The third-order valence-electron chi connectivity index (χ3n) is 3.33. The first kappa shape index (κ1) is 15.5. The average molecular weight is 227 g/mol. The van der Waals surface area contributed by atoms with Gasteiger partial charge in [0.2, 0.25) is 0 Å². The van der Waals surface area contributed by atoms with Gasteiger partial charge in [-0.1, -0.05) is 52.9 Å². The minimum absolute atomic E-state index is 0.219. The molecule has 0 aliphatic carbocycles. The fraction of sp³-hybridized carbons (Fsp3) is 0.929. The molecule has 0 amide bonds. The molecule has 1 atom stereocenters. The first-order chi connectivity index (χ1) is 7.67. The summed E-state index contributed by atoms with van der Waals surface area (Å²) in [6.45, 7) is 6.36. The first-order valence-corrected chi connectivity index (χ1v) is 6.88. The van der Waals surface area contributed by atoms with Crippen molar-refractivity contribution >= 4 is 5.97 Å². The molecule has 0 rings (SSSR count). The maximum atomic E-state index is 11.1. The Labute approximate surface area is 100 Å². The summed E-state index contributed by atoms with van der Waals surface area (Å²) < 4.78 is 0. The van der Waals surface area contributed by atoms with Crippen LogP contribution in [0.4, 0.5) is 0 Å². The van der Waals surface area contributed by atoms with Crippen molar-refractivity contribution in [3.8, 4) is 0 Å². The molecule has 0 aliphatic heterocycles. The van der Waals surface area contributed by atoms with Gasteiger partial charge in [-0.3, -0.25) is 0 Å². The number of rotatable bonds is 10. The summed E-state index contributed by atoms with van der Waals surface area (Å²) in [6, 6.07) is 0. The SMILES string of the molecule is CCCCC(CCCC)C(CCC)C([O])=O. The average Bonchev–Trinajstić information content (AvgIpc) is 2.26. The summed E-state index contributed by atoms with van der Waals surface area (Å²) in [5.41, 5.74) is 0. The lowest BCUT2D eigenvalue weighted by Crippen LogP contribution is -2.23. The Bertz CT molecular complexity index is 170. The zero-order valence-corrected chi connectivity index (χ0v) is 11.1. The molecule has 0 aromatic rings. The van der Waals surface area contributed by atoms with Crippen LogP contribution in [0.2, 0.25) is 0 Å². The van der Waals surface area contributed by atoms with Crippen LogP contribution in [0.25, 0.3) is 0 Å². The number of unbranched alkanes of at least 4 members (excludes halogenated alkanes) is 2. The van der Waals surface area contributed by atoms with Gasteiger partial charge in [-0.15, -0.1) is 0 Å². The lowest BCUT2D eigenvalue weighted by atomic mass is 9.81. The van der Waals surface area contributed by atoms with Crippen molar-refractivity contribution in [2.75, 3.05) is 0 Å². The van der Waals surface area contributed by atoms with Gasteiger partial charge >= 0.3 is 5.97 Å². The zero-order valence-electron chi connectivity index (χ0n) is 11.1. The van der Waals surface area contributed by atoms with Crippen molar-refractivity contribution in [1.82, 2.24) is 0 Å². The Morgan fingerprint density at radius 2 is 1.38 bits per heavy atom. The molecule has 0 spiro atoms. The fourth-order valence-corrected chi connectivity index (χ4v) is 2.34. The van der Waals surface area contributed by atoms with Crippen LogP contribution in [0.1, 0.15) is 72.1 Å². The second-order valence-corrected chi connectivity index (χ2v) is 4.76. The van der Waals surface area contributed by atoms with E-state index in [-0.39, 0.29) is 5.92 Å². The molecule has 0 saturated heterocycles. The van der Waals surface area contributed by atoms with Gasteiger partial charge in [0, 0.05) is 0 Å². The van der Waals surface area contributed by atoms with Crippen LogP contribution in [0, 0.1) is 11.8 Å². The molecule has 0 heterocycles. The number of hydrogen-bond acceptors (Lipinski definition) is 1. The van der Waals surface area contributed by atoms with Crippen molar-refractivity contribution in [3.63, 3.8) is 0 Å². The smallest absolute Gasteiger partial charge is 0.247 e. The van der Waals surface area contributed by atoms with E-state index in [9.17, 15) is 9.90 Å². The lowest BCUT2D eigenvalue weighted by Gasteiger charge is -2.22. The quantitative estimate of drug-likeness (QED) is 0.546. The molecule has 0 bridgehead atoms. The monoisotopic (exact) mass is 227 g/mol. The van der Waals surface area contributed by atoms with Crippen molar-refractivity contribution in [1.29, 1.82) is 0 Å². The van der Waals surface area contributed by atoms with E-state index in [0.29, 0.717) is 5.92 Å². The molecule has 16 heavy (non-hydrogen) atoms. The molecule has 0 aliphatic rings. The highest BCUT2D eigenvalue weighted by Gasteiger charge is 2.27. The molecule has 0 fully saturated rings. The lowest BCUT2D eigenvalue weighted by molar-refractivity contribution is -0.150. The third-order valence-corrected chi connectivity index (χ3v) is 3.33. The van der Waals surface area contributed by atoms with Gasteiger partial charge < -0.3 is 0 Å². The van der Waals surface area contributed by atoms with Crippen LogP contribution in [-0.4, -0.2) is 5.97 Å². The van der Waals surface area contributed by atoms with Crippen LogP contribution >= 0.6 is 0 Å². The summed E-state index contributed by atoms with van der Waals surface area (Å²) in [5.74, 6) is -0.716. The molecular formula is C14H27O2. The molecule has 0 saturated carbocycles. The molecule has 2 nitrogen and oxygen atoms in total. The second-order valence-electron chi connectivity index (χ2n) is 4.76. The van der Waals surface area contributed by atoms with Crippen LogP contribution in [0.15, 0.2) is 0 Å². The summed E-state index contributed by atoms with van der Waals surface area (Å²) in [7, 11) is 0. The van der Waals surface area contributed by atoms with Gasteiger partial charge in [-0.2, -0.15) is 0 Å². The molecular weight excluding hydrogens is 200 g/mol. The van der Waals surface area contributed by atoms with Crippen LogP contribution in [0.3, 0.4) is 0 Å². The summed E-state index contributed by atoms with van der Waals surface area (Å²) in [6.07, 6.45) is 8.39. The summed E-state index contributed by atoms with van der Waals surface area (Å²) >= 11 is 0. The predicted octanol–water partition coefficient (Wildman–Crippen LogP) is 4.36. The van der Waals surface area contributed by atoms with Crippen LogP contribution in [-0.2, 0) is 9.90 Å². The second kappa shape index (κ2) is 9.68. The Balaban J connectivity index is 4.33. The highest BCUT2D eigenvalue weighted by atomic mass is 16.4. The molecule has 0 aromatic carbocycles. The Morgan fingerprint density at radius 3 is 1.69 bits per heavy atom. The largest absolute Gasteiger partial charge is 0.358 e. The number of carbonyl (C=O) groups is 1. The highest BCUT2D eigenvalue weighted by Crippen LogP contribution is 2.28. The van der Waals surface area contributed by atoms with Gasteiger partial charge in [-0.05, 0) is 25.2 Å². The van der Waals surface area contributed by atoms with Gasteiger partial charge in [0.1, 0.15) is 0 Å². The molecule has 1 radical (unpaired) electrons. The van der Waals surface area contributed by atoms with Gasteiger partial charge in [0.15, 0.2) is 0 Å². The van der Waals surface area contributed by atoms with E-state index < -0.39 is 5.97 Å². The van der Waals surface area contributed by atoms with Crippen molar-refractivity contribution < 1.29 is 9.90 Å². The number of carbonyl (C=O) groups excluding carboxylic acids is 1. The van der Waals surface area contributed by atoms with E-state index in [1.54, 1.807) is 0 Å². The Morgan fingerprint density at radius 1 is 0.875 bits per heavy atom. The van der Waals surface area contributed by atoms with E-state index in [2.05, 4.69) is 13.8 Å². The van der Waals surface area contributed by atoms with Gasteiger partial charge in [-0.25, -0.2) is 9.90 Å². The summed E-state index contributed by atoms with van der Waals surface area (Å²) in [5, 5.41) is 11.1. The van der Waals surface area contributed by atoms with Crippen LogP contribution in [0.5, 0.6) is 0 Å².